The SMILES string of the molecule is C#Cc1nc(Nc2ccc(Oc3ccccc3)c(OC)c2)c2ccccc2n1. The molecule has 0 bridgehead atoms. The van der Waals surface area contributed by atoms with Gasteiger partial charge in [-0.25, -0.2) is 9.97 Å². The number of terminal acetylenes is 1. The maximum atomic E-state index is 5.91. The Morgan fingerprint density at radius 3 is 2.46 bits per heavy atom. The molecule has 0 saturated carbocycles. The molecule has 4 aromatic rings. The molecule has 1 N–H and O–H groups in total. The van der Waals surface area contributed by atoms with Crippen molar-refractivity contribution in [3.05, 3.63) is 78.6 Å². The summed E-state index contributed by atoms with van der Waals surface area (Å²) in [5.74, 6) is 5.43. The summed E-state index contributed by atoms with van der Waals surface area (Å²) in [6.07, 6.45) is 5.50. The van der Waals surface area contributed by atoms with Crippen LogP contribution in [0.3, 0.4) is 0 Å². The Morgan fingerprint density at radius 1 is 0.893 bits per heavy atom. The summed E-state index contributed by atoms with van der Waals surface area (Å²) in [5, 5.41) is 4.18. The van der Waals surface area contributed by atoms with Crippen LogP contribution >= 0.6 is 0 Å². The topological polar surface area (TPSA) is 56.3 Å². The van der Waals surface area contributed by atoms with Crippen molar-refractivity contribution < 1.29 is 9.47 Å². The summed E-state index contributed by atoms with van der Waals surface area (Å²) in [5.41, 5.74) is 1.58. The molecule has 136 valence electrons. The number of benzene rings is 3. The molecule has 0 radical (unpaired) electrons. The highest BCUT2D eigenvalue weighted by atomic mass is 16.5. The van der Waals surface area contributed by atoms with E-state index in [9.17, 15) is 0 Å². The van der Waals surface area contributed by atoms with Crippen molar-refractivity contribution in [1.29, 1.82) is 0 Å². The first kappa shape index (κ1) is 17.4. The van der Waals surface area contributed by atoms with E-state index in [0.29, 0.717) is 23.1 Å². The van der Waals surface area contributed by atoms with Crippen LogP contribution in [0.4, 0.5) is 11.5 Å². The molecular weight excluding hydrogens is 350 g/mol. The van der Waals surface area contributed by atoms with Crippen molar-refractivity contribution in [3.63, 3.8) is 0 Å². The Labute approximate surface area is 163 Å². The van der Waals surface area contributed by atoms with Gasteiger partial charge in [-0.3, -0.25) is 0 Å². The number of ether oxygens (including phenoxy) is 2. The molecule has 0 aliphatic carbocycles. The second kappa shape index (κ2) is 7.68. The van der Waals surface area contributed by atoms with Crippen LogP contribution in [-0.2, 0) is 0 Å². The lowest BCUT2D eigenvalue weighted by Crippen LogP contribution is -2.00. The van der Waals surface area contributed by atoms with Crippen LogP contribution in [0.15, 0.2) is 72.8 Å². The van der Waals surface area contributed by atoms with Crippen molar-refractivity contribution in [1.82, 2.24) is 9.97 Å². The first-order valence-electron chi connectivity index (χ1n) is 8.68. The van der Waals surface area contributed by atoms with Gasteiger partial charge in [0.15, 0.2) is 11.5 Å². The molecular formula is C23H17N3O2. The first-order valence-corrected chi connectivity index (χ1v) is 8.68. The van der Waals surface area contributed by atoms with Crippen LogP contribution < -0.4 is 14.8 Å². The molecule has 28 heavy (non-hydrogen) atoms. The van der Waals surface area contributed by atoms with Crippen LogP contribution in [0.25, 0.3) is 10.9 Å². The van der Waals surface area contributed by atoms with E-state index in [-0.39, 0.29) is 0 Å². The molecule has 3 aromatic carbocycles. The van der Waals surface area contributed by atoms with Crippen molar-refractivity contribution in [2.75, 3.05) is 12.4 Å². The Kier molecular flexibility index (Phi) is 4.77. The van der Waals surface area contributed by atoms with E-state index in [1.54, 1.807) is 7.11 Å². The fraction of sp³-hybridized carbons (Fsp3) is 0.0435. The van der Waals surface area contributed by atoms with Crippen molar-refractivity contribution in [2.24, 2.45) is 0 Å². The van der Waals surface area contributed by atoms with Crippen LogP contribution in [-0.4, -0.2) is 17.1 Å². The van der Waals surface area contributed by atoms with Gasteiger partial charge < -0.3 is 14.8 Å². The molecule has 1 aromatic heterocycles. The molecule has 0 aliphatic rings. The fourth-order valence-corrected chi connectivity index (χ4v) is 2.82. The monoisotopic (exact) mass is 367 g/mol. The van der Waals surface area contributed by atoms with Gasteiger partial charge in [0.25, 0.3) is 0 Å². The largest absolute Gasteiger partial charge is 0.493 e. The number of aromatic nitrogens is 2. The van der Waals surface area contributed by atoms with Crippen LogP contribution in [0.1, 0.15) is 5.82 Å². The van der Waals surface area contributed by atoms with Crippen molar-refractivity contribution >= 4 is 22.4 Å². The van der Waals surface area contributed by atoms with Crippen molar-refractivity contribution in [3.8, 4) is 29.6 Å². The van der Waals surface area contributed by atoms with Gasteiger partial charge in [-0.2, -0.15) is 0 Å². The number of rotatable bonds is 5. The maximum Gasteiger partial charge on any atom is 0.207 e. The second-order valence-electron chi connectivity index (χ2n) is 5.96. The van der Waals surface area contributed by atoms with Crippen LogP contribution in [0.5, 0.6) is 17.2 Å². The molecule has 5 nitrogen and oxygen atoms in total. The third kappa shape index (κ3) is 3.57. The second-order valence-corrected chi connectivity index (χ2v) is 5.96. The molecule has 0 spiro atoms. The highest BCUT2D eigenvalue weighted by Gasteiger charge is 2.10. The molecule has 5 heteroatoms. The normalized spacial score (nSPS) is 10.3. The van der Waals surface area contributed by atoms with E-state index in [2.05, 4.69) is 21.2 Å². The Bertz CT molecular complexity index is 1170. The summed E-state index contributed by atoms with van der Waals surface area (Å²) < 4.78 is 11.4. The molecule has 0 aliphatic heterocycles. The van der Waals surface area contributed by atoms with Gasteiger partial charge in [-0.1, -0.05) is 30.3 Å². The number of anilines is 2. The summed E-state index contributed by atoms with van der Waals surface area (Å²) in [6, 6.07) is 22.8. The van der Waals surface area contributed by atoms with Gasteiger partial charge in [-0.15, -0.1) is 6.42 Å². The molecule has 0 saturated heterocycles. The number of para-hydroxylation sites is 2. The van der Waals surface area contributed by atoms with Gasteiger partial charge in [-0.05, 0) is 42.3 Å². The zero-order valence-corrected chi connectivity index (χ0v) is 15.2. The maximum absolute atomic E-state index is 5.91. The van der Waals surface area contributed by atoms with Crippen LogP contribution in [0.2, 0.25) is 0 Å². The highest BCUT2D eigenvalue weighted by Crippen LogP contribution is 2.35. The van der Waals surface area contributed by atoms with Crippen molar-refractivity contribution in [2.45, 2.75) is 0 Å². The lowest BCUT2D eigenvalue weighted by atomic mass is 10.2. The minimum absolute atomic E-state index is 0.331. The predicted octanol–water partition coefficient (Wildman–Crippen LogP) is 5.16. The lowest BCUT2D eigenvalue weighted by molar-refractivity contribution is 0.379. The van der Waals surface area contributed by atoms with E-state index in [0.717, 1.165) is 22.3 Å². The minimum atomic E-state index is 0.331. The quantitative estimate of drug-likeness (QED) is 0.494. The van der Waals surface area contributed by atoms with Crippen LogP contribution in [0, 0.1) is 12.3 Å². The minimum Gasteiger partial charge on any atom is -0.493 e. The summed E-state index contributed by atoms with van der Waals surface area (Å²) >= 11 is 0. The number of nitrogens with zero attached hydrogens (tertiary/aromatic N) is 2. The molecule has 0 atom stereocenters. The van der Waals surface area contributed by atoms with Gasteiger partial charge >= 0.3 is 0 Å². The Morgan fingerprint density at radius 2 is 1.68 bits per heavy atom. The van der Waals surface area contributed by atoms with Gasteiger partial charge in [0.2, 0.25) is 5.82 Å². The molecule has 0 fully saturated rings. The number of fused-ring (bicyclic) bond motifs is 1. The molecule has 1 heterocycles. The third-order valence-electron chi connectivity index (χ3n) is 4.13. The predicted molar refractivity (Wildman–Crippen MR) is 110 cm³/mol. The van der Waals surface area contributed by atoms with E-state index < -0.39 is 0 Å². The van der Waals surface area contributed by atoms with E-state index in [1.165, 1.54) is 0 Å². The number of hydrogen-bond acceptors (Lipinski definition) is 5. The van der Waals surface area contributed by atoms with Gasteiger partial charge in [0.05, 0.1) is 12.6 Å². The molecule has 0 unspecified atom stereocenters. The number of methoxy groups -OCH3 is 1. The van der Waals surface area contributed by atoms with E-state index in [1.807, 2.05) is 72.8 Å². The summed E-state index contributed by atoms with van der Waals surface area (Å²) in [7, 11) is 1.60. The Balaban J connectivity index is 1.68. The Hall–Kier alpha value is -4.04. The smallest absolute Gasteiger partial charge is 0.207 e. The van der Waals surface area contributed by atoms with E-state index in [4.69, 9.17) is 15.9 Å². The van der Waals surface area contributed by atoms with Gasteiger partial charge in [0, 0.05) is 17.1 Å². The summed E-state index contributed by atoms with van der Waals surface area (Å²) in [6.45, 7) is 0. The lowest BCUT2D eigenvalue weighted by Gasteiger charge is -2.14. The number of hydrogen-bond donors (Lipinski definition) is 1. The molecule has 0 amide bonds. The fourth-order valence-electron chi connectivity index (χ4n) is 2.82. The summed E-state index contributed by atoms with van der Waals surface area (Å²) in [4.78, 5) is 8.79. The average Bonchev–Trinajstić information content (AvgIpc) is 2.75. The first-order chi connectivity index (χ1) is 13.8. The standard InChI is InChI=1S/C23H17N3O2/c1-3-22-25-19-12-8-7-11-18(19)23(26-22)24-16-13-14-20(21(15-16)27-2)28-17-9-5-4-6-10-17/h1,4-15H,2H3,(H,24,25,26). The average molecular weight is 367 g/mol. The van der Waals surface area contributed by atoms with E-state index >= 15 is 0 Å². The third-order valence-corrected chi connectivity index (χ3v) is 4.13. The highest BCUT2D eigenvalue weighted by molar-refractivity contribution is 5.91. The zero-order valence-electron chi connectivity index (χ0n) is 15.2. The molecule has 4 rings (SSSR count). The number of nitrogens with one attached hydrogen (secondary N) is 1. The van der Waals surface area contributed by atoms with Gasteiger partial charge in [0.1, 0.15) is 11.6 Å². The zero-order chi connectivity index (χ0) is 19.3.